The highest BCUT2D eigenvalue weighted by atomic mass is 32.2. The second kappa shape index (κ2) is 5.88. The molecule has 0 fully saturated rings. The molecule has 3 rings (SSSR count). The van der Waals surface area contributed by atoms with Crippen molar-refractivity contribution in [3.63, 3.8) is 0 Å². The van der Waals surface area contributed by atoms with Crippen molar-refractivity contribution in [2.24, 2.45) is 0 Å². The van der Waals surface area contributed by atoms with Gasteiger partial charge < -0.3 is 10.6 Å². The summed E-state index contributed by atoms with van der Waals surface area (Å²) in [4.78, 5) is 12.3. The number of hydrogen-bond acceptors (Lipinski definition) is 4. The molecule has 0 spiro atoms. The minimum absolute atomic E-state index is 0.0500. The van der Waals surface area contributed by atoms with Crippen LogP contribution in [0.5, 0.6) is 0 Å². The average Bonchev–Trinajstić information content (AvgIpc) is 2.49. The Morgan fingerprint density at radius 3 is 2.58 bits per heavy atom. The van der Waals surface area contributed by atoms with Crippen molar-refractivity contribution < 1.29 is 17.6 Å². The van der Waals surface area contributed by atoms with E-state index in [1.165, 1.54) is 0 Å². The van der Waals surface area contributed by atoms with E-state index >= 15 is 0 Å². The number of rotatable bonds is 2. The summed E-state index contributed by atoms with van der Waals surface area (Å²) in [5, 5.41) is 5.34. The van der Waals surface area contributed by atoms with Crippen LogP contribution < -0.4 is 15.4 Å². The van der Waals surface area contributed by atoms with Gasteiger partial charge in [0.2, 0.25) is 10.0 Å². The molecule has 3 N–H and O–H groups in total. The van der Waals surface area contributed by atoms with Crippen LogP contribution in [0.25, 0.3) is 0 Å². The number of carbonyl (C=O) groups is 1. The number of anilines is 2. The molecule has 1 aliphatic rings. The smallest absolute Gasteiger partial charge is 0.262 e. The number of amides is 1. The summed E-state index contributed by atoms with van der Waals surface area (Å²) in [5.41, 5.74) is 2.68. The van der Waals surface area contributed by atoms with Gasteiger partial charge in [-0.3, -0.25) is 4.79 Å². The topological polar surface area (TPSA) is 87.3 Å². The van der Waals surface area contributed by atoms with Gasteiger partial charge >= 0.3 is 0 Å². The van der Waals surface area contributed by atoms with Gasteiger partial charge in [0, 0.05) is 5.69 Å². The number of aryl methyl sites for hydroxylation is 2. The lowest BCUT2D eigenvalue weighted by atomic mass is 10.1. The lowest BCUT2D eigenvalue weighted by Crippen LogP contribution is -2.51. The molecule has 0 aliphatic carbocycles. The number of halogens is 1. The zero-order chi connectivity index (χ0) is 17.5. The molecule has 0 saturated heterocycles. The van der Waals surface area contributed by atoms with E-state index in [4.69, 9.17) is 0 Å². The Bertz CT molecular complexity index is 928. The first kappa shape index (κ1) is 16.4. The van der Waals surface area contributed by atoms with E-state index < -0.39 is 27.9 Å². The Morgan fingerprint density at radius 1 is 1.12 bits per heavy atom. The van der Waals surface area contributed by atoms with E-state index in [1.54, 1.807) is 12.1 Å². The lowest BCUT2D eigenvalue weighted by molar-refractivity contribution is -0.117. The minimum Gasteiger partial charge on any atom is -0.360 e. The SMILES string of the molecule is Cc1ccc(NC(=O)[C@H]2Nc3cc(F)ccc3S(=O)(=O)N2)cc1C. The van der Waals surface area contributed by atoms with Gasteiger partial charge in [-0.2, -0.15) is 4.72 Å². The van der Waals surface area contributed by atoms with Crippen molar-refractivity contribution in [3.8, 4) is 0 Å². The molecule has 126 valence electrons. The van der Waals surface area contributed by atoms with E-state index in [0.717, 1.165) is 29.3 Å². The third-order valence-corrected chi connectivity index (χ3v) is 5.32. The maximum absolute atomic E-state index is 13.3. The molecule has 1 atom stereocenters. The Labute approximate surface area is 139 Å². The van der Waals surface area contributed by atoms with Crippen molar-refractivity contribution in [3.05, 3.63) is 53.3 Å². The molecule has 0 bridgehead atoms. The van der Waals surface area contributed by atoms with E-state index in [1.807, 2.05) is 19.9 Å². The summed E-state index contributed by atoms with van der Waals surface area (Å²) < 4.78 is 40.0. The fourth-order valence-electron chi connectivity index (χ4n) is 2.41. The van der Waals surface area contributed by atoms with Crippen molar-refractivity contribution in [2.75, 3.05) is 10.6 Å². The van der Waals surface area contributed by atoms with Gasteiger partial charge in [0.25, 0.3) is 5.91 Å². The van der Waals surface area contributed by atoms with Crippen LogP contribution in [0.4, 0.5) is 15.8 Å². The van der Waals surface area contributed by atoms with E-state index in [9.17, 15) is 17.6 Å². The molecule has 0 unspecified atom stereocenters. The standard InChI is InChI=1S/C16H16FN3O3S/c1-9-3-5-12(7-10(9)2)18-16(21)15-19-13-8-11(17)4-6-14(13)24(22,23)20-15/h3-8,15,19-20H,1-2H3,(H,18,21)/t15-/m0/s1. The number of fused-ring (bicyclic) bond motifs is 1. The largest absolute Gasteiger partial charge is 0.360 e. The van der Waals surface area contributed by atoms with Crippen LogP contribution >= 0.6 is 0 Å². The molecule has 6 nitrogen and oxygen atoms in total. The third-order valence-electron chi connectivity index (χ3n) is 3.84. The van der Waals surface area contributed by atoms with E-state index in [-0.39, 0.29) is 10.6 Å². The van der Waals surface area contributed by atoms with Crippen LogP contribution in [0.15, 0.2) is 41.3 Å². The van der Waals surface area contributed by atoms with Gasteiger partial charge in [0.15, 0.2) is 6.17 Å². The summed E-state index contributed by atoms with van der Waals surface area (Å²) in [6.45, 7) is 3.86. The van der Waals surface area contributed by atoms with Gasteiger partial charge in [-0.15, -0.1) is 0 Å². The Morgan fingerprint density at radius 2 is 1.88 bits per heavy atom. The zero-order valence-corrected chi connectivity index (χ0v) is 13.9. The highest BCUT2D eigenvalue weighted by Crippen LogP contribution is 2.27. The Kier molecular flexibility index (Phi) is 4.02. The molecule has 1 aliphatic heterocycles. The zero-order valence-electron chi connectivity index (χ0n) is 13.1. The van der Waals surface area contributed by atoms with Gasteiger partial charge in [0.05, 0.1) is 5.69 Å². The van der Waals surface area contributed by atoms with Crippen LogP contribution in [0, 0.1) is 19.7 Å². The average molecular weight is 349 g/mol. The molecule has 8 heteroatoms. The van der Waals surface area contributed by atoms with Crippen molar-refractivity contribution in [2.45, 2.75) is 24.9 Å². The number of carbonyl (C=O) groups excluding carboxylic acids is 1. The maximum Gasteiger partial charge on any atom is 0.262 e. The molecule has 2 aromatic rings. The molecule has 1 heterocycles. The normalized spacial score (nSPS) is 18.4. The summed E-state index contributed by atoms with van der Waals surface area (Å²) >= 11 is 0. The molecular formula is C16H16FN3O3S. The summed E-state index contributed by atoms with van der Waals surface area (Å²) in [7, 11) is -3.90. The highest BCUT2D eigenvalue weighted by molar-refractivity contribution is 7.89. The Balaban J connectivity index is 1.85. The van der Waals surface area contributed by atoms with E-state index in [2.05, 4.69) is 15.4 Å². The Hall–Kier alpha value is -2.45. The third kappa shape index (κ3) is 3.10. The summed E-state index contributed by atoms with van der Waals surface area (Å²) in [6.07, 6.45) is -1.23. The van der Waals surface area contributed by atoms with Crippen LogP contribution in [-0.2, 0) is 14.8 Å². The molecule has 1 amide bonds. The van der Waals surface area contributed by atoms with Crippen LogP contribution in [-0.4, -0.2) is 20.5 Å². The minimum atomic E-state index is -3.90. The number of benzene rings is 2. The summed E-state index contributed by atoms with van der Waals surface area (Å²) in [5.74, 6) is -1.18. The molecular weight excluding hydrogens is 333 g/mol. The van der Waals surface area contributed by atoms with E-state index in [0.29, 0.717) is 5.69 Å². The second-order valence-electron chi connectivity index (χ2n) is 5.63. The van der Waals surface area contributed by atoms with Crippen molar-refractivity contribution >= 4 is 27.3 Å². The number of sulfonamides is 1. The fourth-order valence-corrected chi connectivity index (χ4v) is 3.66. The van der Waals surface area contributed by atoms with Crippen LogP contribution in [0.1, 0.15) is 11.1 Å². The van der Waals surface area contributed by atoms with Crippen LogP contribution in [0.3, 0.4) is 0 Å². The van der Waals surface area contributed by atoms with Gasteiger partial charge in [0.1, 0.15) is 10.7 Å². The summed E-state index contributed by atoms with van der Waals surface area (Å²) in [6, 6.07) is 8.62. The predicted octanol–water partition coefficient (Wildman–Crippen LogP) is 2.11. The molecule has 0 radical (unpaired) electrons. The number of hydrogen-bond donors (Lipinski definition) is 3. The van der Waals surface area contributed by atoms with Crippen LogP contribution in [0.2, 0.25) is 0 Å². The first-order valence-corrected chi connectivity index (χ1v) is 8.71. The second-order valence-corrected chi connectivity index (χ2v) is 7.31. The lowest BCUT2D eigenvalue weighted by Gasteiger charge is -2.27. The molecule has 2 aromatic carbocycles. The van der Waals surface area contributed by atoms with Gasteiger partial charge in [-0.1, -0.05) is 6.07 Å². The monoisotopic (exact) mass is 349 g/mol. The highest BCUT2D eigenvalue weighted by Gasteiger charge is 2.33. The first-order chi connectivity index (χ1) is 11.3. The number of nitrogens with one attached hydrogen (secondary N) is 3. The molecule has 0 saturated carbocycles. The predicted molar refractivity (Wildman–Crippen MR) is 88.7 cm³/mol. The van der Waals surface area contributed by atoms with Crippen molar-refractivity contribution in [1.29, 1.82) is 0 Å². The first-order valence-electron chi connectivity index (χ1n) is 7.23. The maximum atomic E-state index is 13.3. The molecule has 24 heavy (non-hydrogen) atoms. The quantitative estimate of drug-likeness (QED) is 0.775. The molecule has 0 aromatic heterocycles. The van der Waals surface area contributed by atoms with Crippen molar-refractivity contribution in [1.82, 2.24) is 4.72 Å². The fraction of sp³-hybridized carbons (Fsp3) is 0.188. The van der Waals surface area contributed by atoms with Gasteiger partial charge in [-0.05, 0) is 55.3 Å². The van der Waals surface area contributed by atoms with Gasteiger partial charge in [-0.25, -0.2) is 12.8 Å².